The van der Waals surface area contributed by atoms with Crippen LogP contribution in [0, 0.1) is 22.9 Å². The van der Waals surface area contributed by atoms with Crippen LogP contribution in [0.1, 0.15) is 49.4 Å². The summed E-state index contributed by atoms with van der Waals surface area (Å²) < 4.78 is 40.0. The Bertz CT molecular complexity index is 453. The van der Waals surface area contributed by atoms with Crippen LogP contribution >= 0.6 is 0 Å². The van der Waals surface area contributed by atoms with Crippen molar-refractivity contribution in [3.8, 4) is 0 Å². The van der Waals surface area contributed by atoms with Crippen LogP contribution in [0.4, 0.5) is 13.2 Å². The van der Waals surface area contributed by atoms with Gasteiger partial charge in [0, 0.05) is 17.5 Å². The van der Waals surface area contributed by atoms with Gasteiger partial charge < -0.3 is 0 Å². The van der Waals surface area contributed by atoms with E-state index in [9.17, 15) is 18.0 Å². The van der Waals surface area contributed by atoms with Crippen LogP contribution in [-0.2, 0) is 0 Å². The second-order valence-corrected chi connectivity index (χ2v) is 5.19. The summed E-state index contributed by atoms with van der Waals surface area (Å²) in [6.45, 7) is 1.73. The van der Waals surface area contributed by atoms with Gasteiger partial charge in [-0.1, -0.05) is 26.2 Å². The molecular weight excluding hydrogens is 241 g/mol. The SMILES string of the molecule is CC1(C(=O)c2c(F)cc(F)cc2F)CCCCC1. The molecule has 0 aromatic heterocycles. The van der Waals surface area contributed by atoms with Gasteiger partial charge in [-0.05, 0) is 12.8 Å². The minimum Gasteiger partial charge on any atom is -0.293 e. The zero-order valence-corrected chi connectivity index (χ0v) is 10.2. The fourth-order valence-electron chi connectivity index (χ4n) is 2.62. The van der Waals surface area contributed by atoms with E-state index < -0.39 is 34.2 Å². The van der Waals surface area contributed by atoms with Crippen molar-refractivity contribution in [2.24, 2.45) is 5.41 Å². The predicted octanol–water partition coefficient (Wildman–Crippen LogP) is 4.26. The highest BCUT2D eigenvalue weighted by atomic mass is 19.1. The lowest BCUT2D eigenvalue weighted by atomic mass is 9.71. The Labute approximate surface area is 104 Å². The molecule has 0 N–H and O–H groups in total. The molecule has 2 rings (SSSR count). The minimum atomic E-state index is -1.11. The van der Waals surface area contributed by atoms with Crippen molar-refractivity contribution in [1.29, 1.82) is 0 Å². The molecule has 1 saturated carbocycles. The van der Waals surface area contributed by atoms with E-state index in [1.807, 2.05) is 0 Å². The van der Waals surface area contributed by atoms with Crippen molar-refractivity contribution in [3.05, 3.63) is 35.1 Å². The molecule has 0 heterocycles. The van der Waals surface area contributed by atoms with Crippen LogP contribution in [-0.4, -0.2) is 5.78 Å². The van der Waals surface area contributed by atoms with Crippen LogP contribution < -0.4 is 0 Å². The van der Waals surface area contributed by atoms with E-state index in [-0.39, 0.29) is 0 Å². The maximum atomic E-state index is 13.6. The molecule has 18 heavy (non-hydrogen) atoms. The number of Topliss-reactive ketones (excluding diaryl/α,β-unsaturated/α-hetero) is 1. The average molecular weight is 256 g/mol. The summed E-state index contributed by atoms with van der Waals surface area (Å²) in [4.78, 5) is 12.3. The van der Waals surface area contributed by atoms with Crippen LogP contribution in [0.25, 0.3) is 0 Å². The Kier molecular flexibility index (Phi) is 3.46. The third-order valence-corrected chi connectivity index (χ3v) is 3.74. The first-order valence-electron chi connectivity index (χ1n) is 6.13. The van der Waals surface area contributed by atoms with Crippen LogP contribution in [0.2, 0.25) is 0 Å². The standard InChI is InChI=1S/C14H15F3O/c1-14(5-3-2-4-6-14)13(18)12-10(16)7-9(15)8-11(12)17/h7-8H,2-6H2,1H3. The van der Waals surface area contributed by atoms with Crippen molar-refractivity contribution in [2.45, 2.75) is 39.0 Å². The smallest absolute Gasteiger partial charge is 0.174 e. The van der Waals surface area contributed by atoms with Crippen LogP contribution in [0.3, 0.4) is 0 Å². The lowest BCUT2D eigenvalue weighted by molar-refractivity contribution is 0.0739. The van der Waals surface area contributed by atoms with E-state index in [0.717, 1.165) is 19.3 Å². The summed E-state index contributed by atoms with van der Waals surface area (Å²) in [6.07, 6.45) is 4.06. The molecule has 0 saturated heterocycles. The topological polar surface area (TPSA) is 17.1 Å². The van der Waals surface area contributed by atoms with Crippen molar-refractivity contribution in [2.75, 3.05) is 0 Å². The van der Waals surface area contributed by atoms with E-state index >= 15 is 0 Å². The zero-order valence-electron chi connectivity index (χ0n) is 10.2. The first-order chi connectivity index (χ1) is 8.44. The molecule has 0 unspecified atom stereocenters. The lowest BCUT2D eigenvalue weighted by Gasteiger charge is -2.32. The van der Waals surface area contributed by atoms with Gasteiger partial charge in [0.2, 0.25) is 0 Å². The fourth-order valence-corrected chi connectivity index (χ4v) is 2.62. The van der Waals surface area contributed by atoms with Gasteiger partial charge in [-0.25, -0.2) is 13.2 Å². The Morgan fingerprint density at radius 3 is 2.06 bits per heavy atom. The molecule has 1 nitrogen and oxygen atoms in total. The molecule has 1 aliphatic carbocycles. The molecule has 0 bridgehead atoms. The molecule has 4 heteroatoms. The molecule has 0 atom stereocenters. The number of rotatable bonds is 2. The van der Waals surface area contributed by atoms with Gasteiger partial charge >= 0.3 is 0 Å². The predicted molar refractivity (Wildman–Crippen MR) is 61.8 cm³/mol. The van der Waals surface area contributed by atoms with Gasteiger partial charge in [-0.15, -0.1) is 0 Å². The maximum Gasteiger partial charge on any atom is 0.174 e. The van der Waals surface area contributed by atoms with Crippen molar-refractivity contribution in [3.63, 3.8) is 0 Å². The molecule has 0 aliphatic heterocycles. The normalized spacial score (nSPS) is 18.7. The Morgan fingerprint density at radius 2 is 1.56 bits per heavy atom. The van der Waals surface area contributed by atoms with E-state index in [0.29, 0.717) is 25.0 Å². The zero-order chi connectivity index (χ0) is 13.3. The molecule has 0 radical (unpaired) electrons. The molecule has 1 aliphatic rings. The number of carbonyl (C=O) groups excluding carboxylic acids is 1. The average Bonchev–Trinajstić information content (AvgIpc) is 2.28. The second kappa shape index (κ2) is 4.75. The lowest BCUT2D eigenvalue weighted by Crippen LogP contribution is -2.31. The summed E-state index contributed by atoms with van der Waals surface area (Å²) in [6, 6.07) is 1.12. The van der Waals surface area contributed by atoms with Gasteiger partial charge in [0.15, 0.2) is 5.78 Å². The van der Waals surface area contributed by atoms with E-state index in [1.54, 1.807) is 6.92 Å². The fraction of sp³-hybridized carbons (Fsp3) is 0.500. The molecule has 98 valence electrons. The van der Waals surface area contributed by atoms with Gasteiger partial charge in [-0.3, -0.25) is 4.79 Å². The number of hydrogen-bond acceptors (Lipinski definition) is 1. The highest BCUT2D eigenvalue weighted by Gasteiger charge is 2.37. The van der Waals surface area contributed by atoms with Gasteiger partial charge in [0.1, 0.15) is 17.5 Å². The highest BCUT2D eigenvalue weighted by molar-refractivity contribution is 6.00. The third kappa shape index (κ3) is 2.28. The van der Waals surface area contributed by atoms with E-state index in [2.05, 4.69) is 0 Å². The van der Waals surface area contributed by atoms with Crippen LogP contribution in [0.5, 0.6) is 0 Å². The van der Waals surface area contributed by atoms with Crippen molar-refractivity contribution < 1.29 is 18.0 Å². The van der Waals surface area contributed by atoms with Gasteiger partial charge in [-0.2, -0.15) is 0 Å². The molecule has 0 spiro atoms. The molecule has 0 amide bonds. The quantitative estimate of drug-likeness (QED) is 0.723. The highest BCUT2D eigenvalue weighted by Crippen LogP contribution is 2.39. The van der Waals surface area contributed by atoms with Crippen molar-refractivity contribution in [1.82, 2.24) is 0 Å². The third-order valence-electron chi connectivity index (χ3n) is 3.74. The van der Waals surface area contributed by atoms with Gasteiger partial charge in [0.25, 0.3) is 0 Å². The largest absolute Gasteiger partial charge is 0.293 e. The molecule has 1 aromatic rings. The number of halogens is 3. The number of benzene rings is 1. The van der Waals surface area contributed by atoms with Crippen molar-refractivity contribution >= 4 is 5.78 Å². The monoisotopic (exact) mass is 256 g/mol. The number of ketones is 1. The number of hydrogen-bond donors (Lipinski definition) is 0. The van der Waals surface area contributed by atoms with E-state index in [1.165, 1.54) is 0 Å². The Hall–Kier alpha value is -1.32. The van der Waals surface area contributed by atoms with Gasteiger partial charge in [0.05, 0.1) is 5.56 Å². The first-order valence-corrected chi connectivity index (χ1v) is 6.13. The summed E-state index contributed by atoms with van der Waals surface area (Å²) >= 11 is 0. The molecular formula is C14H15F3O. The first kappa shape index (κ1) is 13.1. The second-order valence-electron chi connectivity index (χ2n) is 5.19. The number of carbonyl (C=O) groups is 1. The molecule has 1 aromatic carbocycles. The van der Waals surface area contributed by atoms with E-state index in [4.69, 9.17) is 0 Å². The molecule has 1 fully saturated rings. The summed E-state index contributed by atoms with van der Waals surface area (Å²) in [5.74, 6) is -3.76. The summed E-state index contributed by atoms with van der Waals surface area (Å²) in [7, 11) is 0. The maximum absolute atomic E-state index is 13.6. The minimum absolute atomic E-state index is 0.544. The summed E-state index contributed by atoms with van der Waals surface area (Å²) in [5, 5.41) is 0. The Balaban J connectivity index is 2.39. The summed E-state index contributed by atoms with van der Waals surface area (Å²) in [5.41, 5.74) is -1.32. The van der Waals surface area contributed by atoms with Crippen LogP contribution in [0.15, 0.2) is 12.1 Å². The Morgan fingerprint density at radius 1 is 1.06 bits per heavy atom.